The van der Waals surface area contributed by atoms with Gasteiger partial charge < -0.3 is 5.73 Å². The molecule has 0 radical (unpaired) electrons. The summed E-state index contributed by atoms with van der Waals surface area (Å²) in [5, 5.41) is 0. The Morgan fingerprint density at radius 2 is 2.00 bits per heavy atom. The lowest BCUT2D eigenvalue weighted by Gasteiger charge is -2.18. The summed E-state index contributed by atoms with van der Waals surface area (Å²) in [7, 11) is 0. The summed E-state index contributed by atoms with van der Waals surface area (Å²) in [5.41, 5.74) is 8.47. The van der Waals surface area contributed by atoms with Gasteiger partial charge in [0.1, 0.15) is 5.52 Å². The Morgan fingerprint density at radius 3 is 2.69 bits per heavy atom. The monoisotopic (exact) mass is 216 g/mol. The van der Waals surface area contributed by atoms with Gasteiger partial charge in [-0.25, -0.2) is 9.97 Å². The summed E-state index contributed by atoms with van der Waals surface area (Å²) in [4.78, 5) is 12.9. The Kier molecular flexibility index (Phi) is 3.10. The third kappa shape index (κ3) is 2.02. The van der Waals surface area contributed by atoms with E-state index in [1.165, 1.54) is 0 Å². The van der Waals surface area contributed by atoms with Crippen molar-refractivity contribution in [2.45, 2.75) is 32.2 Å². The van der Waals surface area contributed by atoms with Crippen LogP contribution >= 0.6 is 0 Å². The molecule has 0 aliphatic carbocycles. The van der Waals surface area contributed by atoms with E-state index >= 15 is 0 Å². The smallest absolute Gasteiger partial charge is 0.178 e. The van der Waals surface area contributed by atoms with E-state index in [2.05, 4.69) is 21.9 Å². The van der Waals surface area contributed by atoms with Crippen LogP contribution in [0.25, 0.3) is 11.2 Å². The standard InChI is InChI=1S/C12H16N4/c1-3-9(8(2)13)10-4-5-11-12(16-10)15-7-6-14-11/h4-9H,3,13H2,1-2H3. The molecule has 2 rings (SSSR count). The molecule has 0 spiro atoms. The quantitative estimate of drug-likeness (QED) is 0.850. The van der Waals surface area contributed by atoms with Gasteiger partial charge in [0.15, 0.2) is 5.65 Å². The fourth-order valence-electron chi connectivity index (χ4n) is 1.93. The van der Waals surface area contributed by atoms with E-state index in [1.807, 2.05) is 19.1 Å². The summed E-state index contributed by atoms with van der Waals surface area (Å²) < 4.78 is 0. The van der Waals surface area contributed by atoms with Crippen LogP contribution < -0.4 is 5.73 Å². The van der Waals surface area contributed by atoms with Crippen molar-refractivity contribution in [2.75, 3.05) is 0 Å². The molecule has 0 aromatic carbocycles. The topological polar surface area (TPSA) is 64.7 Å². The van der Waals surface area contributed by atoms with Crippen LogP contribution in [0.2, 0.25) is 0 Å². The first-order valence-corrected chi connectivity index (χ1v) is 5.55. The second-order valence-electron chi connectivity index (χ2n) is 4.01. The summed E-state index contributed by atoms with van der Waals surface area (Å²) in [5.74, 6) is 0.284. The fraction of sp³-hybridized carbons (Fsp3) is 0.417. The van der Waals surface area contributed by atoms with Crippen LogP contribution in [-0.2, 0) is 0 Å². The molecule has 2 aromatic heterocycles. The average molecular weight is 216 g/mol. The molecule has 0 amide bonds. The van der Waals surface area contributed by atoms with Crippen molar-refractivity contribution in [3.05, 3.63) is 30.2 Å². The lowest BCUT2D eigenvalue weighted by Crippen LogP contribution is -2.25. The summed E-state index contributed by atoms with van der Waals surface area (Å²) >= 11 is 0. The second-order valence-corrected chi connectivity index (χ2v) is 4.01. The number of pyridine rings is 1. The molecule has 2 N–H and O–H groups in total. The van der Waals surface area contributed by atoms with Crippen LogP contribution in [0.15, 0.2) is 24.5 Å². The van der Waals surface area contributed by atoms with Gasteiger partial charge in [-0.1, -0.05) is 6.92 Å². The van der Waals surface area contributed by atoms with Crippen molar-refractivity contribution in [3.8, 4) is 0 Å². The predicted octanol–water partition coefficient (Wildman–Crippen LogP) is 1.87. The number of nitrogens with two attached hydrogens (primary N) is 1. The van der Waals surface area contributed by atoms with E-state index in [0.717, 1.165) is 17.6 Å². The van der Waals surface area contributed by atoms with Gasteiger partial charge in [0.05, 0.1) is 0 Å². The maximum Gasteiger partial charge on any atom is 0.178 e. The molecular formula is C12H16N4. The highest BCUT2D eigenvalue weighted by atomic mass is 14.9. The van der Waals surface area contributed by atoms with Gasteiger partial charge in [-0.15, -0.1) is 0 Å². The lowest BCUT2D eigenvalue weighted by molar-refractivity contribution is 0.541. The fourth-order valence-corrected chi connectivity index (χ4v) is 1.93. The van der Waals surface area contributed by atoms with Crippen molar-refractivity contribution < 1.29 is 0 Å². The Balaban J connectivity index is 2.45. The largest absolute Gasteiger partial charge is 0.327 e. The van der Waals surface area contributed by atoms with Crippen molar-refractivity contribution >= 4 is 11.2 Å². The van der Waals surface area contributed by atoms with Crippen molar-refractivity contribution in [1.82, 2.24) is 15.0 Å². The summed E-state index contributed by atoms with van der Waals surface area (Å²) in [6, 6.07) is 4.05. The maximum absolute atomic E-state index is 5.95. The highest BCUT2D eigenvalue weighted by Crippen LogP contribution is 2.21. The Bertz CT molecular complexity index is 481. The van der Waals surface area contributed by atoms with Crippen LogP contribution in [0, 0.1) is 0 Å². The van der Waals surface area contributed by atoms with Crippen LogP contribution in [0.5, 0.6) is 0 Å². The maximum atomic E-state index is 5.95. The minimum atomic E-state index is 0.103. The average Bonchev–Trinajstić information content (AvgIpc) is 2.29. The number of hydrogen-bond acceptors (Lipinski definition) is 4. The molecular weight excluding hydrogens is 200 g/mol. The minimum absolute atomic E-state index is 0.103. The van der Waals surface area contributed by atoms with E-state index in [-0.39, 0.29) is 12.0 Å². The van der Waals surface area contributed by atoms with E-state index in [0.29, 0.717) is 5.65 Å². The van der Waals surface area contributed by atoms with Crippen LogP contribution in [0.4, 0.5) is 0 Å². The van der Waals surface area contributed by atoms with Crippen LogP contribution in [-0.4, -0.2) is 21.0 Å². The number of fused-ring (bicyclic) bond motifs is 1. The Labute approximate surface area is 94.9 Å². The van der Waals surface area contributed by atoms with E-state index in [4.69, 9.17) is 5.73 Å². The predicted molar refractivity (Wildman–Crippen MR) is 64.0 cm³/mol. The lowest BCUT2D eigenvalue weighted by atomic mass is 9.95. The molecule has 0 saturated heterocycles. The molecule has 16 heavy (non-hydrogen) atoms. The van der Waals surface area contributed by atoms with Crippen molar-refractivity contribution in [3.63, 3.8) is 0 Å². The molecule has 0 aliphatic heterocycles. The van der Waals surface area contributed by atoms with Gasteiger partial charge in [-0.05, 0) is 25.5 Å². The molecule has 0 fully saturated rings. The molecule has 4 heteroatoms. The third-order valence-electron chi connectivity index (χ3n) is 2.81. The Hall–Kier alpha value is -1.55. The van der Waals surface area contributed by atoms with Crippen LogP contribution in [0.3, 0.4) is 0 Å². The number of nitrogens with zero attached hydrogens (tertiary/aromatic N) is 3. The zero-order valence-corrected chi connectivity index (χ0v) is 9.59. The molecule has 2 unspecified atom stereocenters. The van der Waals surface area contributed by atoms with Gasteiger partial charge in [-0.2, -0.15) is 0 Å². The molecule has 2 atom stereocenters. The SMILES string of the molecule is CCC(c1ccc2nccnc2n1)C(C)N. The second kappa shape index (κ2) is 4.53. The first-order valence-electron chi connectivity index (χ1n) is 5.55. The molecule has 84 valence electrons. The first-order chi connectivity index (χ1) is 7.72. The first kappa shape index (κ1) is 11.0. The molecule has 2 aromatic rings. The molecule has 0 saturated carbocycles. The van der Waals surface area contributed by atoms with Gasteiger partial charge in [0, 0.05) is 30.0 Å². The third-order valence-corrected chi connectivity index (χ3v) is 2.81. The van der Waals surface area contributed by atoms with E-state index < -0.39 is 0 Å². The summed E-state index contributed by atoms with van der Waals surface area (Å²) in [6.45, 7) is 4.13. The van der Waals surface area contributed by atoms with Crippen molar-refractivity contribution in [1.29, 1.82) is 0 Å². The number of aromatic nitrogens is 3. The highest BCUT2D eigenvalue weighted by Gasteiger charge is 2.15. The molecule has 4 nitrogen and oxygen atoms in total. The van der Waals surface area contributed by atoms with Gasteiger partial charge >= 0.3 is 0 Å². The Morgan fingerprint density at radius 1 is 1.25 bits per heavy atom. The van der Waals surface area contributed by atoms with Gasteiger partial charge in [0.25, 0.3) is 0 Å². The molecule has 2 heterocycles. The van der Waals surface area contributed by atoms with E-state index in [9.17, 15) is 0 Å². The number of rotatable bonds is 3. The highest BCUT2D eigenvalue weighted by molar-refractivity contribution is 5.68. The molecule has 0 bridgehead atoms. The van der Waals surface area contributed by atoms with Crippen molar-refractivity contribution in [2.24, 2.45) is 5.73 Å². The van der Waals surface area contributed by atoms with Crippen LogP contribution in [0.1, 0.15) is 31.9 Å². The zero-order valence-electron chi connectivity index (χ0n) is 9.59. The normalized spacial score (nSPS) is 14.9. The summed E-state index contributed by atoms with van der Waals surface area (Å²) in [6.07, 6.45) is 4.31. The zero-order chi connectivity index (χ0) is 11.5. The van der Waals surface area contributed by atoms with E-state index in [1.54, 1.807) is 12.4 Å². The van der Waals surface area contributed by atoms with Gasteiger partial charge in [0.2, 0.25) is 0 Å². The number of hydrogen-bond donors (Lipinski definition) is 1. The molecule has 0 aliphatic rings. The van der Waals surface area contributed by atoms with Gasteiger partial charge in [-0.3, -0.25) is 4.98 Å². The minimum Gasteiger partial charge on any atom is -0.327 e.